The summed E-state index contributed by atoms with van der Waals surface area (Å²) in [4.78, 5) is 24.1. The second-order valence-corrected chi connectivity index (χ2v) is 11.6. The first-order valence-corrected chi connectivity index (χ1v) is 15.3. The molecule has 1 aliphatic rings. The lowest BCUT2D eigenvalue weighted by molar-refractivity contribution is -0.137. The molecule has 1 saturated heterocycles. The van der Waals surface area contributed by atoms with Gasteiger partial charge in [-0.3, -0.25) is 9.69 Å². The van der Waals surface area contributed by atoms with Crippen molar-refractivity contribution in [1.29, 1.82) is 0 Å². The van der Waals surface area contributed by atoms with E-state index in [0.29, 0.717) is 67.0 Å². The molecule has 3 aromatic carbocycles. The lowest BCUT2D eigenvalue weighted by Gasteiger charge is -2.35. The molecule has 0 bridgehead atoms. The zero-order valence-corrected chi connectivity index (χ0v) is 26.2. The third-order valence-corrected chi connectivity index (χ3v) is 8.52. The number of rotatable bonds is 11. The Hall–Kier alpha value is -4.29. The third-order valence-electron chi connectivity index (χ3n) is 7.68. The fourth-order valence-electron chi connectivity index (χ4n) is 5.29. The molecule has 12 heteroatoms. The molecule has 0 saturated carbocycles. The molecule has 0 unspecified atom stereocenters. The predicted molar refractivity (Wildman–Crippen MR) is 167 cm³/mol. The Kier molecular flexibility index (Phi) is 10.1. The maximum atomic E-state index is 13.4. The summed E-state index contributed by atoms with van der Waals surface area (Å²) in [6.45, 7) is 3.46. The highest BCUT2D eigenvalue weighted by molar-refractivity contribution is 7.09. The fraction of sp³-hybridized carbons (Fsp3) is 0.333. The summed E-state index contributed by atoms with van der Waals surface area (Å²) in [6.07, 6.45) is -4.44. The van der Waals surface area contributed by atoms with Gasteiger partial charge in [0.25, 0.3) is 5.91 Å². The van der Waals surface area contributed by atoms with Gasteiger partial charge in [-0.2, -0.15) is 13.2 Å². The second kappa shape index (κ2) is 14.2. The lowest BCUT2D eigenvalue weighted by atomic mass is 10.1. The Morgan fingerprint density at radius 3 is 2.24 bits per heavy atom. The molecule has 238 valence electrons. The average Bonchev–Trinajstić information content (AvgIpc) is 3.52. The van der Waals surface area contributed by atoms with Crippen LogP contribution in [0.15, 0.2) is 72.1 Å². The summed E-state index contributed by atoms with van der Waals surface area (Å²) in [6, 6.07) is 18.6. The summed E-state index contributed by atoms with van der Waals surface area (Å²) < 4.78 is 56.5. The van der Waals surface area contributed by atoms with Gasteiger partial charge in [0.05, 0.1) is 33.4 Å². The molecule has 0 spiro atoms. The maximum absolute atomic E-state index is 13.4. The number of ether oxygens (including phenoxy) is 3. The van der Waals surface area contributed by atoms with E-state index in [2.05, 4.69) is 9.88 Å². The molecule has 1 amide bonds. The molecule has 1 aliphatic heterocycles. The van der Waals surface area contributed by atoms with Gasteiger partial charge in [-0.25, -0.2) is 4.98 Å². The number of thiazole rings is 1. The minimum Gasteiger partial charge on any atom is -0.497 e. The van der Waals surface area contributed by atoms with E-state index in [-0.39, 0.29) is 12.5 Å². The highest BCUT2D eigenvalue weighted by Crippen LogP contribution is 2.31. The van der Waals surface area contributed by atoms with Crippen LogP contribution in [0.25, 0.3) is 0 Å². The molecule has 0 radical (unpaired) electrons. The van der Waals surface area contributed by atoms with E-state index in [0.717, 1.165) is 23.1 Å². The summed E-state index contributed by atoms with van der Waals surface area (Å²) in [5.74, 6) is 1.90. The molecular weight excluding hydrogens is 605 g/mol. The van der Waals surface area contributed by atoms with E-state index >= 15 is 0 Å². The van der Waals surface area contributed by atoms with Crippen LogP contribution >= 0.6 is 11.3 Å². The van der Waals surface area contributed by atoms with Crippen molar-refractivity contribution in [3.8, 4) is 17.2 Å². The Labute approximate surface area is 264 Å². The number of nitrogens with zero attached hydrogens (tertiary/aromatic N) is 4. The van der Waals surface area contributed by atoms with Gasteiger partial charge in [0.1, 0.15) is 28.0 Å². The molecule has 4 aromatic rings. The van der Waals surface area contributed by atoms with E-state index in [1.165, 1.54) is 23.5 Å². The van der Waals surface area contributed by atoms with Gasteiger partial charge in [0.2, 0.25) is 0 Å². The third kappa shape index (κ3) is 8.06. The smallest absolute Gasteiger partial charge is 0.416 e. The predicted octanol–water partition coefficient (Wildman–Crippen LogP) is 6.35. The van der Waals surface area contributed by atoms with Crippen molar-refractivity contribution in [3.05, 3.63) is 99.5 Å². The number of hydrogen-bond acceptors (Lipinski definition) is 8. The number of alkyl halides is 3. The van der Waals surface area contributed by atoms with Crippen molar-refractivity contribution < 1.29 is 32.2 Å². The van der Waals surface area contributed by atoms with Crippen molar-refractivity contribution in [2.45, 2.75) is 25.8 Å². The second-order valence-electron chi connectivity index (χ2n) is 10.6. The highest BCUT2D eigenvalue weighted by atomic mass is 32.1. The van der Waals surface area contributed by atoms with Crippen molar-refractivity contribution in [2.24, 2.45) is 0 Å². The average molecular weight is 641 g/mol. The summed E-state index contributed by atoms with van der Waals surface area (Å²) in [5, 5.41) is 2.44. The number of carbonyl (C=O) groups is 1. The van der Waals surface area contributed by atoms with Crippen LogP contribution < -0.4 is 19.1 Å². The van der Waals surface area contributed by atoms with Gasteiger partial charge in [0, 0.05) is 62.0 Å². The molecule has 0 atom stereocenters. The van der Waals surface area contributed by atoms with E-state index < -0.39 is 11.7 Å². The molecular formula is C33H35F3N4O4S. The summed E-state index contributed by atoms with van der Waals surface area (Å²) >= 11 is 1.36. The van der Waals surface area contributed by atoms with Gasteiger partial charge in [0.15, 0.2) is 0 Å². The normalized spacial score (nSPS) is 13.7. The topological polar surface area (TPSA) is 67.4 Å². The van der Waals surface area contributed by atoms with E-state index in [1.807, 2.05) is 46.2 Å². The van der Waals surface area contributed by atoms with Crippen LogP contribution in [0.2, 0.25) is 0 Å². The van der Waals surface area contributed by atoms with Crippen LogP contribution in [-0.2, 0) is 25.8 Å². The molecule has 45 heavy (non-hydrogen) atoms. The van der Waals surface area contributed by atoms with Crippen molar-refractivity contribution in [1.82, 2.24) is 14.8 Å². The molecule has 0 aliphatic carbocycles. The number of benzene rings is 3. The van der Waals surface area contributed by atoms with Crippen LogP contribution in [0.4, 0.5) is 18.9 Å². The standard InChI is InChI=1S/C33H35F3N4O4S/c1-42-27-11-8-26(9-12-27)39-13-15-40(16-14-39)32(41)29-22-45-31(37-29)21-38(19-23-5-4-6-25(17-23)33(34,35)36)20-24-7-10-28(43-2)18-30(24)44-3/h4-12,17-18,22H,13-16,19-21H2,1-3H3. The zero-order chi connectivity index (χ0) is 32.0. The molecule has 0 N–H and O–H groups in total. The van der Waals surface area contributed by atoms with E-state index in [9.17, 15) is 18.0 Å². The number of methoxy groups -OCH3 is 3. The Morgan fingerprint density at radius 1 is 0.867 bits per heavy atom. The van der Waals surface area contributed by atoms with E-state index in [1.54, 1.807) is 38.8 Å². The van der Waals surface area contributed by atoms with Crippen LogP contribution in [0.5, 0.6) is 17.2 Å². The number of piperazine rings is 1. The Morgan fingerprint density at radius 2 is 1.58 bits per heavy atom. The quantitative estimate of drug-likeness (QED) is 0.189. The number of aromatic nitrogens is 1. The van der Waals surface area contributed by atoms with Gasteiger partial charge in [-0.1, -0.05) is 24.3 Å². The van der Waals surface area contributed by atoms with E-state index in [4.69, 9.17) is 14.2 Å². The number of hydrogen-bond donors (Lipinski definition) is 0. The van der Waals surface area contributed by atoms with Crippen molar-refractivity contribution >= 4 is 22.9 Å². The molecule has 2 heterocycles. The molecule has 5 rings (SSSR count). The van der Waals surface area contributed by atoms with Gasteiger partial charge in [-0.05, 0) is 42.0 Å². The summed E-state index contributed by atoms with van der Waals surface area (Å²) in [5.41, 5.74) is 2.10. The monoisotopic (exact) mass is 640 g/mol. The number of amides is 1. The number of anilines is 1. The first-order valence-electron chi connectivity index (χ1n) is 14.4. The maximum Gasteiger partial charge on any atom is 0.416 e. The largest absolute Gasteiger partial charge is 0.497 e. The van der Waals surface area contributed by atoms with Crippen molar-refractivity contribution in [2.75, 3.05) is 52.4 Å². The highest BCUT2D eigenvalue weighted by Gasteiger charge is 2.30. The first-order chi connectivity index (χ1) is 21.7. The lowest BCUT2D eigenvalue weighted by Crippen LogP contribution is -2.48. The fourth-order valence-corrected chi connectivity index (χ4v) is 6.10. The Balaban J connectivity index is 1.29. The van der Waals surface area contributed by atoms with Gasteiger partial charge >= 0.3 is 6.18 Å². The van der Waals surface area contributed by atoms with Crippen molar-refractivity contribution in [3.63, 3.8) is 0 Å². The van der Waals surface area contributed by atoms with Crippen LogP contribution in [0, 0.1) is 0 Å². The molecule has 1 fully saturated rings. The SMILES string of the molecule is COc1ccc(N2CCN(C(=O)c3csc(CN(Cc4cccc(C(F)(F)F)c4)Cc4ccc(OC)cc4OC)n3)CC2)cc1. The van der Waals surface area contributed by atoms with Crippen LogP contribution in [0.1, 0.15) is 32.2 Å². The minimum absolute atomic E-state index is 0.131. The summed E-state index contributed by atoms with van der Waals surface area (Å²) in [7, 11) is 4.76. The zero-order valence-electron chi connectivity index (χ0n) is 25.3. The van der Waals surface area contributed by atoms with Gasteiger partial charge < -0.3 is 24.0 Å². The van der Waals surface area contributed by atoms with Crippen LogP contribution in [-0.4, -0.2) is 68.2 Å². The molecule has 8 nitrogen and oxygen atoms in total. The number of halogens is 3. The Bertz CT molecular complexity index is 1590. The van der Waals surface area contributed by atoms with Crippen LogP contribution in [0.3, 0.4) is 0 Å². The minimum atomic E-state index is -4.44. The molecule has 1 aromatic heterocycles. The number of carbonyl (C=O) groups excluding carboxylic acids is 1. The first kappa shape index (κ1) is 32.1. The van der Waals surface area contributed by atoms with Gasteiger partial charge in [-0.15, -0.1) is 11.3 Å².